The quantitative estimate of drug-likeness (QED) is 0.709. The molecule has 0 heterocycles. The summed E-state index contributed by atoms with van der Waals surface area (Å²) in [7, 11) is 0. The van der Waals surface area contributed by atoms with Crippen molar-refractivity contribution in [2.24, 2.45) is 0 Å². The molecular weight excluding hydrogens is 243 g/mol. The average molecular weight is 266 g/mol. The molecule has 106 valence electrons. The van der Waals surface area contributed by atoms with Gasteiger partial charge in [0, 0.05) is 6.04 Å². The Morgan fingerprint density at radius 1 is 1.42 bits per heavy atom. The Labute approximate surface area is 114 Å². The van der Waals surface area contributed by atoms with Crippen molar-refractivity contribution in [3.8, 4) is 0 Å². The molecule has 0 fully saturated rings. The van der Waals surface area contributed by atoms with E-state index in [4.69, 9.17) is 0 Å². The van der Waals surface area contributed by atoms with Gasteiger partial charge in [0.1, 0.15) is 5.82 Å². The lowest BCUT2D eigenvalue weighted by Gasteiger charge is -2.13. The first kappa shape index (κ1) is 15.6. The third-order valence-corrected chi connectivity index (χ3v) is 2.89. The maximum absolute atomic E-state index is 12.9. The molecule has 0 spiro atoms. The van der Waals surface area contributed by atoms with Gasteiger partial charge in [-0.3, -0.25) is 4.79 Å². The third-order valence-electron chi connectivity index (χ3n) is 2.89. The number of nitrogens with one attached hydrogen (secondary N) is 2. The van der Waals surface area contributed by atoms with Crippen molar-refractivity contribution in [3.63, 3.8) is 0 Å². The molecule has 0 saturated heterocycles. The second-order valence-electron chi connectivity index (χ2n) is 4.81. The van der Waals surface area contributed by atoms with Gasteiger partial charge in [-0.2, -0.15) is 0 Å². The van der Waals surface area contributed by atoms with Crippen LogP contribution in [0.5, 0.6) is 0 Å². The largest absolute Gasteiger partial charge is 0.353 e. The predicted molar refractivity (Wildman–Crippen MR) is 75.5 cm³/mol. The van der Waals surface area contributed by atoms with Crippen LogP contribution in [0.4, 0.5) is 4.39 Å². The van der Waals surface area contributed by atoms with E-state index in [0.717, 1.165) is 24.8 Å². The summed E-state index contributed by atoms with van der Waals surface area (Å²) in [5.41, 5.74) is 0.937. The molecule has 1 unspecified atom stereocenters. The molecule has 0 aliphatic rings. The topological polar surface area (TPSA) is 41.1 Å². The lowest BCUT2D eigenvalue weighted by Crippen LogP contribution is -2.39. The van der Waals surface area contributed by atoms with Crippen molar-refractivity contribution in [1.82, 2.24) is 10.6 Å². The number of carbonyl (C=O) groups excluding carboxylic acids is 1. The molecule has 0 saturated carbocycles. The van der Waals surface area contributed by atoms with Crippen molar-refractivity contribution < 1.29 is 9.18 Å². The Hall–Kier alpha value is -1.42. The number of benzene rings is 1. The number of rotatable bonds is 8. The van der Waals surface area contributed by atoms with Gasteiger partial charge >= 0.3 is 0 Å². The Balaban J connectivity index is 2.15. The number of halogens is 1. The molecule has 3 nitrogen and oxygen atoms in total. The van der Waals surface area contributed by atoms with Crippen LogP contribution >= 0.6 is 0 Å². The van der Waals surface area contributed by atoms with Gasteiger partial charge in [0.25, 0.3) is 0 Å². The molecule has 19 heavy (non-hydrogen) atoms. The minimum absolute atomic E-state index is 0.0141. The Kier molecular flexibility index (Phi) is 7.11. The zero-order valence-electron chi connectivity index (χ0n) is 11.7. The van der Waals surface area contributed by atoms with Crippen molar-refractivity contribution >= 4 is 5.91 Å². The molecule has 1 aromatic rings. The highest BCUT2D eigenvalue weighted by molar-refractivity contribution is 5.78. The van der Waals surface area contributed by atoms with E-state index in [1.807, 2.05) is 13.0 Å². The number of amides is 1. The molecule has 1 aromatic carbocycles. The van der Waals surface area contributed by atoms with Crippen molar-refractivity contribution in [3.05, 3.63) is 35.6 Å². The second-order valence-corrected chi connectivity index (χ2v) is 4.81. The van der Waals surface area contributed by atoms with Gasteiger partial charge in [-0.25, -0.2) is 4.39 Å². The van der Waals surface area contributed by atoms with E-state index >= 15 is 0 Å². The van der Waals surface area contributed by atoms with Crippen LogP contribution in [0, 0.1) is 5.82 Å². The highest BCUT2D eigenvalue weighted by atomic mass is 19.1. The van der Waals surface area contributed by atoms with E-state index < -0.39 is 0 Å². The molecule has 0 bridgehead atoms. The van der Waals surface area contributed by atoms with Gasteiger partial charge in [0.2, 0.25) is 5.91 Å². The lowest BCUT2D eigenvalue weighted by atomic mass is 10.1. The smallest absolute Gasteiger partial charge is 0.234 e. The predicted octanol–water partition coefficient (Wildman–Crippen LogP) is 2.26. The zero-order valence-corrected chi connectivity index (χ0v) is 11.7. The van der Waals surface area contributed by atoms with E-state index in [1.165, 1.54) is 12.1 Å². The molecule has 0 aliphatic heterocycles. The van der Waals surface area contributed by atoms with Crippen LogP contribution in [0.3, 0.4) is 0 Å². The molecule has 0 aliphatic carbocycles. The average Bonchev–Trinajstić information content (AvgIpc) is 2.35. The van der Waals surface area contributed by atoms with E-state index in [-0.39, 0.29) is 17.8 Å². The summed E-state index contributed by atoms with van der Waals surface area (Å²) < 4.78 is 12.9. The van der Waals surface area contributed by atoms with Gasteiger partial charge in [0.15, 0.2) is 0 Å². The summed E-state index contributed by atoms with van der Waals surface area (Å²) in [5.74, 6) is -0.205. The van der Waals surface area contributed by atoms with E-state index in [1.54, 1.807) is 6.07 Å². The van der Waals surface area contributed by atoms with Gasteiger partial charge in [-0.15, -0.1) is 0 Å². The number of hydrogen-bond donors (Lipinski definition) is 2. The van der Waals surface area contributed by atoms with E-state index in [2.05, 4.69) is 17.6 Å². The van der Waals surface area contributed by atoms with Gasteiger partial charge in [-0.05, 0) is 44.0 Å². The van der Waals surface area contributed by atoms with Crippen LogP contribution in [0.25, 0.3) is 0 Å². The second kappa shape index (κ2) is 8.64. The first-order chi connectivity index (χ1) is 9.11. The Bertz CT molecular complexity index is 395. The minimum atomic E-state index is -0.219. The summed E-state index contributed by atoms with van der Waals surface area (Å²) in [5, 5.41) is 5.99. The van der Waals surface area contributed by atoms with Gasteiger partial charge < -0.3 is 10.6 Å². The van der Waals surface area contributed by atoms with E-state index in [0.29, 0.717) is 13.1 Å². The molecule has 1 atom stereocenters. The molecule has 2 N–H and O–H groups in total. The summed E-state index contributed by atoms with van der Waals surface area (Å²) in [4.78, 5) is 11.6. The SMILES string of the molecule is CCCC(C)NC(=O)CNCCc1cccc(F)c1. The minimum Gasteiger partial charge on any atom is -0.353 e. The van der Waals surface area contributed by atoms with E-state index in [9.17, 15) is 9.18 Å². The first-order valence-corrected chi connectivity index (χ1v) is 6.86. The van der Waals surface area contributed by atoms with Crippen molar-refractivity contribution in [2.45, 2.75) is 39.2 Å². The lowest BCUT2D eigenvalue weighted by molar-refractivity contribution is -0.120. The van der Waals surface area contributed by atoms with Crippen LogP contribution in [0.2, 0.25) is 0 Å². The maximum atomic E-state index is 12.9. The number of hydrogen-bond acceptors (Lipinski definition) is 2. The Morgan fingerprint density at radius 2 is 2.21 bits per heavy atom. The summed E-state index contributed by atoms with van der Waals surface area (Å²) in [6, 6.07) is 6.75. The third kappa shape index (κ3) is 6.91. The summed E-state index contributed by atoms with van der Waals surface area (Å²) in [6.07, 6.45) is 2.78. The highest BCUT2D eigenvalue weighted by Gasteiger charge is 2.05. The van der Waals surface area contributed by atoms with Gasteiger partial charge in [0.05, 0.1) is 6.54 Å². The standard InChI is InChI=1S/C15H23FN2O/c1-3-5-12(2)18-15(19)11-17-9-8-13-6-4-7-14(16)10-13/h4,6-7,10,12,17H,3,5,8-9,11H2,1-2H3,(H,18,19). The van der Waals surface area contributed by atoms with Crippen molar-refractivity contribution in [2.75, 3.05) is 13.1 Å². The maximum Gasteiger partial charge on any atom is 0.234 e. The fourth-order valence-corrected chi connectivity index (χ4v) is 1.96. The fourth-order valence-electron chi connectivity index (χ4n) is 1.96. The number of carbonyl (C=O) groups is 1. The van der Waals surface area contributed by atoms with Crippen LogP contribution in [-0.2, 0) is 11.2 Å². The van der Waals surface area contributed by atoms with Crippen LogP contribution in [-0.4, -0.2) is 25.0 Å². The molecule has 1 rings (SSSR count). The molecule has 0 radical (unpaired) electrons. The van der Waals surface area contributed by atoms with Crippen LogP contribution in [0.1, 0.15) is 32.3 Å². The van der Waals surface area contributed by atoms with Crippen LogP contribution < -0.4 is 10.6 Å². The molecule has 1 amide bonds. The Morgan fingerprint density at radius 3 is 2.89 bits per heavy atom. The highest BCUT2D eigenvalue weighted by Crippen LogP contribution is 2.03. The summed E-state index contributed by atoms with van der Waals surface area (Å²) >= 11 is 0. The fraction of sp³-hybridized carbons (Fsp3) is 0.533. The van der Waals surface area contributed by atoms with Gasteiger partial charge in [-0.1, -0.05) is 25.5 Å². The normalized spacial score (nSPS) is 12.2. The molecular formula is C15H23FN2O. The monoisotopic (exact) mass is 266 g/mol. The summed E-state index contributed by atoms with van der Waals surface area (Å²) in [6.45, 7) is 5.08. The van der Waals surface area contributed by atoms with Crippen LogP contribution in [0.15, 0.2) is 24.3 Å². The van der Waals surface area contributed by atoms with Crippen molar-refractivity contribution in [1.29, 1.82) is 0 Å². The zero-order chi connectivity index (χ0) is 14.1. The molecule has 0 aromatic heterocycles. The first-order valence-electron chi connectivity index (χ1n) is 6.86. The molecule has 4 heteroatoms.